The number of benzene rings is 2. The number of rotatable bonds is 7. The van der Waals surface area contributed by atoms with E-state index < -0.39 is 9.84 Å². The van der Waals surface area contributed by atoms with Crippen molar-refractivity contribution in [3.63, 3.8) is 0 Å². The third kappa shape index (κ3) is 6.07. The molecule has 150 valence electrons. The van der Waals surface area contributed by atoms with Gasteiger partial charge in [-0.15, -0.1) is 0 Å². The third-order valence-corrected chi connectivity index (χ3v) is 6.09. The summed E-state index contributed by atoms with van der Waals surface area (Å²) in [5.41, 5.74) is 0.656. The largest absolute Gasteiger partial charge is 0.457 e. The topological polar surface area (TPSA) is 85.4 Å². The highest BCUT2D eigenvalue weighted by atomic mass is 32.2. The molecule has 1 N–H and O–H groups in total. The molecule has 0 spiro atoms. The summed E-state index contributed by atoms with van der Waals surface area (Å²) in [5, 5.41) is 3.36. The molecule has 3 rings (SSSR count). The fourth-order valence-corrected chi connectivity index (χ4v) is 3.83. The molecule has 0 saturated carbocycles. The molecule has 0 aliphatic heterocycles. The molecule has 1 heterocycles. The van der Waals surface area contributed by atoms with E-state index in [4.69, 9.17) is 4.74 Å². The number of amides is 1. The number of carbonyl (C=O) groups excluding carboxylic acids is 1. The standard InChI is InChI=1S/C21H20N2O4S2/c1-15(28-20-5-3-4-14-22-20)21(24)23-16-6-8-17(9-7-16)27-18-10-12-19(13-11-18)29(2,25)26/h3-15H,1-2H3,(H,23,24). The molecule has 1 amide bonds. The Labute approximate surface area is 174 Å². The van der Waals surface area contributed by atoms with Crippen molar-refractivity contribution in [2.45, 2.75) is 22.1 Å². The van der Waals surface area contributed by atoms with Crippen molar-refractivity contribution < 1.29 is 17.9 Å². The summed E-state index contributed by atoms with van der Waals surface area (Å²) in [5.74, 6) is 0.978. The van der Waals surface area contributed by atoms with E-state index >= 15 is 0 Å². The maximum absolute atomic E-state index is 12.4. The monoisotopic (exact) mass is 428 g/mol. The van der Waals surface area contributed by atoms with Gasteiger partial charge in [-0.3, -0.25) is 4.79 Å². The van der Waals surface area contributed by atoms with Gasteiger partial charge in [0.2, 0.25) is 5.91 Å². The van der Waals surface area contributed by atoms with Crippen LogP contribution in [-0.4, -0.2) is 30.8 Å². The Morgan fingerprint density at radius 3 is 2.17 bits per heavy atom. The van der Waals surface area contributed by atoms with Crippen LogP contribution in [-0.2, 0) is 14.6 Å². The molecule has 0 aliphatic rings. The maximum Gasteiger partial charge on any atom is 0.237 e. The second-order valence-corrected chi connectivity index (χ2v) is 9.66. The smallest absolute Gasteiger partial charge is 0.237 e. The number of pyridine rings is 1. The molecule has 1 atom stereocenters. The summed E-state index contributed by atoms with van der Waals surface area (Å²) in [6.45, 7) is 1.83. The number of ether oxygens (including phenoxy) is 1. The second-order valence-electron chi connectivity index (χ2n) is 6.29. The van der Waals surface area contributed by atoms with Crippen LogP contribution in [0.4, 0.5) is 5.69 Å². The number of anilines is 1. The first-order valence-corrected chi connectivity index (χ1v) is 11.5. The first kappa shape index (κ1) is 20.9. The number of aromatic nitrogens is 1. The highest BCUT2D eigenvalue weighted by molar-refractivity contribution is 8.00. The fraction of sp³-hybridized carbons (Fsp3) is 0.143. The Balaban J connectivity index is 1.57. The lowest BCUT2D eigenvalue weighted by atomic mass is 10.3. The van der Waals surface area contributed by atoms with E-state index in [9.17, 15) is 13.2 Å². The lowest BCUT2D eigenvalue weighted by Gasteiger charge is -2.12. The van der Waals surface area contributed by atoms with Crippen LogP contribution in [0, 0.1) is 0 Å². The summed E-state index contributed by atoms with van der Waals surface area (Å²) < 4.78 is 28.7. The van der Waals surface area contributed by atoms with E-state index in [1.807, 2.05) is 25.1 Å². The van der Waals surface area contributed by atoms with Gasteiger partial charge in [0.25, 0.3) is 0 Å². The minimum Gasteiger partial charge on any atom is -0.457 e. The molecular formula is C21H20N2O4S2. The van der Waals surface area contributed by atoms with Crippen molar-refractivity contribution in [2.24, 2.45) is 0 Å². The van der Waals surface area contributed by atoms with Crippen molar-refractivity contribution in [1.82, 2.24) is 4.98 Å². The van der Waals surface area contributed by atoms with Gasteiger partial charge in [-0.1, -0.05) is 17.8 Å². The minimum absolute atomic E-state index is 0.120. The molecule has 1 unspecified atom stereocenters. The van der Waals surface area contributed by atoms with Gasteiger partial charge in [0, 0.05) is 18.1 Å². The summed E-state index contributed by atoms with van der Waals surface area (Å²) in [7, 11) is -3.24. The number of nitrogens with zero attached hydrogens (tertiary/aromatic N) is 1. The number of hydrogen-bond acceptors (Lipinski definition) is 6. The van der Waals surface area contributed by atoms with Crippen LogP contribution >= 0.6 is 11.8 Å². The molecule has 0 aliphatic carbocycles. The molecular weight excluding hydrogens is 408 g/mol. The van der Waals surface area contributed by atoms with E-state index in [0.29, 0.717) is 17.2 Å². The van der Waals surface area contributed by atoms with Crippen LogP contribution in [0.25, 0.3) is 0 Å². The van der Waals surface area contributed by atoms with Crippen molar-refractivity contribution >= 4 is 33.2 Å². The zero-order valence-electron chi connectivity index (χ0n) is 15.9. The lowest BCUT2D eigenvalue weighted by Crippen LogP contribution is -2.22. The predicted molar refractivity (Wildman–Crippen MR) is 114 cm³/mol. The van der Waals surface area contributed by atoms with E-state index in [-0.39, 0.29) is 16.1 Å². The van der Waals surface area contributed by atoms with Gasteiger partial charge >= 0.3 is 0 Å². The average molecular weight is 429 g/mol. The molecule has 2 aromatic carbocycles. The number of thioether (sulfide) groups is 1. The van der Waals surface area contributed by atoms with Crippen LogP contribution in [0.1, 0.15) is 6.92 Å². The van der Waals surface area contributed by atoms with Gasteiger partial charge in [-0.2, -0.15) is 0 Å². The number of sulfone groups is 1. The number of carbonyl (C=O) groups is 1. The van der Waals surface area contributed by atoms with Crippen LogP contribution in [0.15, 0.2) is 82.8 Å². The molecule has 8 heteroatoms. The van der Waals surface area contributed by atoms with E-state index in [1.54, 1.807) is 42.6 Å². The fourth-order valence-electron chi connectivity index (χ4n) is 2.39. The van der Waals surface area contributed by atoms with E-state index in [1.165, 1.54) is 23.9 Å². The zero-order chi connectivity index (χ0) is 20.9. The highest BCUT2D eigenvalue weighted by Gasteiger charge is 2.15. The SMILES string of the molecule is CC(Sc1ccccn1)C(=O)Nc1ccc(Oc2ccc(S(C)(=O)=O)cc2)cc1. The predicted octanol–water partition coefficient (Wildman–Crippen LogP) is 4.40. The van der Waals surface area contributed by atoms with Crippen LogP contribution in [0.2, 0.25) is 0 Å². The van der Waals surface area contributed by atoms with Gasteiger partial charge in [0.15, 0.2) is 9.84 Å². The summed E-state index contributed by atoms with van der Waals surface area (Å²) >= 11 is 1.39. The molecule has 0 fully saturated rings. The Morgan fingerprint density at radius 1 is 1.00 bits per heavy atom. The maximum atomic E-state index is 12.4. The van der Waals surface area contributed by atoms with Gasteiger partial charge in [-0.25, -0.2) is 13.4 Å². The molecule has 0 bridgehead atoms. The zero-order valence-corrected chi connectivity index (χ0v) is 17.5. The first-order valence-electron chi connectivity index (χ1n) is 8.78. The van der Waals surface area contributed by atoms with Crippen molar-refractivity contribution in [3.8, 4) is 11.5 Å². The molecule has 29 heavy (non-hydrogen) atoms. The van der Waals surface area contributed by atoms with E-state index in [2.05, 4.69) is 10.3 Å². The second kappa shape index (κ2) is 9.11. The quantitative estimate of drug-likeness (QED) is 0.562. The molecule has 0 saturated heterocycles. The van der Waals surface area contributed by atoms with Gasteiger partial charge in [-0.05, 0) is 67.6 Å². The lowest BCUT2D eigenvalue weighted by molar-refractivity contribution is -0.115. The summed E-state index contributed by atoms with van der Waals surface area (Å²) in [6, 6.07) is 18.7. The van der Waals surface area contributed by atoms with E-state index in [0.717, 1.165) is 11.3 Å². The normalized spacial score (nSPS) is 12.2. The van der Waals surface area contributed by atoms with Gasteiger partial charge in [0.1, 0.15) is 11.5 Å². The molecule has 3 aromatic rings. The van der Waals surface area contributed by atoms with Gasteiger partial charge in [0.05, 0.1) is 15.2 Å². The number of nitrogens with one attached hydrogen (secondary N) is 1. The highest BCUT2D eigenvalue weighted by Crippen LogP contribution is 2.25. The Hall–Kier alpha value is -2.84. The minimum atomic E-state index is -3.24. The van der Waals surface area contributed by atoms with Crippen molar-refractivity contribution in [1.29, 1.82) is 0 Å². The van der Waals surface area contributed by atoms with Crippen molar-refractivity contribution in [2.75, 3.05) is 11.6 Å². The summed E-state index contributed by atoms with van der Waals surface area (Å²) in [6.07, 6.45) is 2.85. The molecule has 1 aromatic heterocycles. The Bertz CT molecular complexity index is 1070. The Morgan fingerprint density at radius 2 is 1.62 bits per heavy atom. The molecule has 0 radical (unpaired) electrons. The Kier molecular flexibility index (Phi) is 6.56. The van der Waals surface area contributed by atoms with Crippen LogP contribution < -0.4 is 10.1 Å². The average Bonchev–Trinajstić information content (AvgIpc) is 2.70. The first-order chi connectivity index (χ1) is 13.8. The molecule has 6 nitrogen and oxygen atoms in total. The van der Waals surface area contributed by atoms with Crippen molar-refractivity contribution in [3.05, 3.63) is 72.9 Å². The third-order valence-electron chi connectivity index (χ3n) is 3.91. The number of hydrogen-bond donors (Lipinski definition) is 1. The van der Waals surface area contributed by atoms with Gasteiger partial charge < -0.3 is 10.1 Å². The summed E-state index contributed by atoms with van der Waals surface area (Å²) in [4.78, 5) is 16.8. The van der Waals surface area contributed by atoms with Crippen LogP contribution in [0.5, 0.6) is 11.5 Å². The van der Waals surface area contributed by atoms with Crippen LogP contribution in [0.3, 0.4) is 0 Å².